The largest absolute Gasteiger partial charge is 0.338 e. The van der Waals surface area contributed by atoms with Gasteiger partial charge in [-0.2, -0.15) is 12.6 Å². The number of ketones is 2. The standard InChI is InChI=1S/C12H19N5O.C11H14.C10H16O.C6H14.C5H10O.CH4S/c1-5-13-12(18)16-10-9(4)11(15-8-14-10)17(6-2)7-3;1-10(2)8-9-11-6-4-3-5-7-11;1-5-7-10(6-2)8(3)9(4)11;1-3-5-6-4-2;1-3-4-5(2)6;1-2/h6,8H,2,5,7H2,1,3-4H3,(H2,13,14,15,16,18);3-10H,1-2H3;5-6,8,10H,1-2,7H2,3-4H3;3-6H2,1-2H3;3-4H2,1-2H3;2H,1H3/b;9-8+;;;;. The second kappa shape index (κ2) is 40.2. The van der Waals surface area contributed by atoms with Crippen molar-refractivity contribution >= 4 is 47.9 Å². The molecular formula is C45H77N5O3S. The number of unbranched alkanes of at least 4 members (excludes halogenated alkanes) is 3. The number of allylic oxidation sites excluding steroid dienone is 3. The van der Waals surface area contributed by atoms with Crippen LogP contribution in [0.5, 0.6) is 0 Å². The maximum atomic E-state index is 11.5. The summed E-state index contributed by atoms with van der Waals surface area (Å²) in [5.41, 5.74) is 2.09. The summed E-state index contributed by atoms with van der Waals surface area (Å²) in [5.74, 6) is 2.72. The van der Waals surface area contributed by atoms with Gasteiger partial charge in [-0.25, -0.2) is 14.8 Å². The zero-order valence-electron chi connectivity index (χ0n) is 36.1. The molecule has 2 N–H and O–H groups in total. The van der Waals surface area contributed by atoms with E-state index in [0.717, 1.165) is 37.2 Å². The molecule has 1 aromatic heterocycles. The number of carbonyl (C=O) groups is 3. The van der Waals surface area contributed by atoms with E-state index in [1.165, 1.54) is 37.6 Å². The minimum absolute atomic E-state index is 0.0745. The Hall–Kier alpha value is -3.98. The van der Waals surface area contributed by atoms with Crippen LogP contribution in [0.3, 0.4) is 0 Å². The number of anilines is 2. The van der Waals surface area contributed by atoms with Crippen molar-refractivity contribution in [3.8, 4) is 0 Å². The average molecular weight is 768 g/mol. The van der Waals surface area contributed by atoms with Gasteiger partial charge in [-0.05, 0) is 77.3 Å². The molecule has 1 heterocycles. The Morgan fingerprint density at radius 3 is 1.83 bits per heavy atom. The maximum absolute atomic E-state index is 11.5. The highest BCUT2D eigenvalue weighted by Gasteiger charge is 2.16. The van der Waals surface area contributed by atoms with Gasteiger partial charge < -0.3 is 15.0 Å². The highest BCUT2D eigenvalue weighted by molar-refractivity contribution is 7.79. The molecule has 8 nitrogen and oxygen atoms in total. The van der Waals surface area contributed by atoms with E-state index in [1.54, 1.807) is 26.3 Å². The van der Waals surface area contributed by atoms with E-state index in [9.17, 15) is 14.4 Å². The number of rotatable bonds is 17. The molecule has 0 aliphatic heterocycles. The first-order valence-corrected chi connectivity index (χ1v) is 20.3. The lowest BCUT2D eigenvalue weighted by atomic mass is 9.88. The zero-order valence-corrected chi connectivity index (χ0v) is 37.0. The molecule has 0 aliphatic rings. The number of carbonyl (C=O) groups excluding carboxylic acids is 3. The minimum atomic E-state index is -0.271. The fourth-order valence-electron chi connectivity index (χ4n) is 4.25. The second-order valence-corrected chi connectivity index (χ2v) is 12.6. The number of amides is 2. The first-order valence-electron chi connectivity index (χ1n) is 19.4. The van der Waals surface area contributed by atoms with E-state index < -0.39 is 0 Å². The molecule has 0 radical (unpaired) electrons. The van der Waals surface area contributed by atoms with Crippen molar-refractivity contribution in [3.63, 3.8) is 0 Å². The summed E-state index contributed by atoms with van der Waals surface area (Å²) in [6.07, 6.45) is 20.9. The number of hydrogen-bond donors (Lipinski definition) is 3. The Bertz CT molecular complexity index is 1280. The summed E-state index contributed by atoms with van der Waals surface area (Å²) in [7, 11) is 0. The molecule has 0 bridgehead atoms. The molecule has 0 saturated heterocycles. The fourth-order valence-corrected chi connectivity index (χ4v) is 4.25. The van der Waals surface area contributed by atoms with Crippen LogP contribution in [0.25, 0.3) is 6.08 Å². The maximum Gasteiger partial charge on any atom is 0.320 e. The molecule has 1 aromatic carbocycles. The molecule has 2 amide bonds. The Balaban J connectivity index is -0.000000304. The van der Waals surface area contributed by atoms with Crippen molar-refractivity contribution in [1.29, 1.82) is 0 Å². The molecular weight excluding hydrogens is 691 g/mol. The first-order chi connectivity index (χ1) is 25.7. The Kier molecular flexibility index (Phi) is 42.3. The van der Waals surface area contributed by atoms with Crippen LogP contribution >= 0.6 is 12.6 Å². The second-order valence-electron chi connectivity index (χ2n) is 12.6. The lowest BCUT2D eigenvalue weighted by Crippen LogP contribution is -2.29. The van der Waals surface area contributed by atoms with Crippen LogP contribution in [0.2, 0.25) is 0 Å². The Morgan fingerprint density at radius 1 is 0.889 bits per heavy atom. The van der Waals surface area contributed by atoms with E-state index in [0.29, 0.717) is 18.3 Å². The molecule has 2 unspecified atom stereocenters. The summed E-state index contributed by atoms with van der Waals surface area (Å²) >= 11 is 3.53. The van der Waals surface area contributed by atoms with E-state index in [2.05, 4.69) is 117 Å². The molecule has 306 valence electrons. The lowest BCUT2D eigenvalue weighted by molar-refractivity contribution is -0.121. The number of Topliss-reactive ketones (excluding diaryl/α,β-unsaturated/α-hetero) is 2. The number of urea groups is 1. The third kappa shape index (κ3) is 32.7. The molecule has 2 rings (SSSR count). The molecule has 2 atom stereocenters. The van der Waals surface area contributed by atoms with Crippen molar-refractivity contribution in [2.24, 2.45) is 17.8 Å². The topological polar surface area (TPSA) is 104 Å². The lowest BCUT2D eigenvalue weighted by Gasteiger charge is -2.19. The molecule has 0 spiro atoms. The number of hydrogen-bond acceptors (Lipinski definition) is 7. The smallest absolute Gasteiger partial charge is 0.320 e. The van der Waals surface area contributed by atoms with E-state index in [4.69, 9.17) is 0 Å². The average Bonchev–Trinajstić information content (AvgIpc) is 3.16. The third-order valence-corrected chi connectivity index (χ3v) is 7.52. The summed E-state index contributed by atoms with van der Waals surface area (Å²) in [5, 5.41) is 5.35. The molecule has 0 fully saturated rings. The normalized spacial score (nSPS) is 10.6. The number of aromatic nitrogens is 2. The summed E-state index contributed by atoms with van der Waals surface area (Å²) < 4.78 is 0. The van der Waals surface area contributed by atoms with Gasteiger partial charge >= 0.3 is 6.03 Å². The Morgan fingerprint density at radius 2 is 1.46 bits per heavy atom. The Labute approximate surface area is 336 Å². The fraction of sp³-hybridized carbons (Fsp3) is 0.533. The van der Waals surface area contributed by atoms with Gasteiger partial charge in [0.15, 0.2) is 0 Å². The molecule has 2 aromatic rings. The van der Waals surface area contributed by atoms with Crippen molar-refractivity contribution in [1.82, 2.24) is 15.3 Å². The quantitative estimate of drug-likeness (QED) is 0.0841. The highest BCUT2D eigenvalue weighted by atomic mass is 32.1. The van der Waals surface area contributed by atoms with Crippen LogP contribution in [-0.4, -0.2) is 46.9 Å². The van der Waals surface area contributed by atoms with Gasteiger partial charge in [0.2, 0.25) is 0 Å². The van der Waals surface area contributed by atoms with Crippen LogP contribution in [0, 0.1) is 24.7 Å². The first kappa shape index (κ1) is 56.8. The van der Waals surface area contributed by atoms with Crippen LogP contribution in [0.1, 0.15) is 125 Å². The molecule has 0 aliphatic carbocycles. The van der Waals surface area contributed by atoms with Gasteiger partial charge in [0.25, 0.3) is 0 Å². The molecule has 9 heteroatoms. The molecule has 0 saturated carbocycles. The number of benzene rings is 1. The number of nitrogens with one attached hydrogen (secondary N) is 2. The van der Waals surface area contributed by atoms with Gasteiger partial charge in [0, 0.05) is 31.0 Å². The predicted octanol–water partition coefficient (Wildman–Crippen LogP) is 12.3. The van der Waals surface area contributed by atoms with Gasteiger partial charge in [0.1, 0.15) is 29.5 Å². The van der Waals surface area contributed by atoms with Crippen molar-refractivity contribution < 1.29 is 14.4 Å². The van der Waals surface area contributed by atoms with Gasteiger partial charge in [-0.1, -0.05) is 128 Å². The molecule has 54 heavy (non-hydrogen) atoms. The summed E-state index contributed by atoms with van der Waals surface area (Å²) in [4.78, 5) is 42.6. The van der Waals surface area contributed by atoms with Crippen LogP contribution in [0.15, 0.2) is 80.8 Å². The van der Waals surface area contributed by atoms with Gasteiger partial charge in [-0.15, -0.1) is 13.2 Å². The van der Waals surface area contributed by atoms with E-state index in [-0.39, 0.29) is 29.4 Å². The van der Waals surface area contributed by atoms with Crippen LogP contribution in [-0.2, 0) is 9.59 Å². The van der Waals surface area contributed by atoms with Gasteiger partial charge in [0.05, 0.1) is 0 Å². The monoisotopic (exact) mass is 768 g/mol. The van der Waals surface area contributed by atoms with Crippen molar-refractivity contribution in [3.05, 3.63) is 92.0 Å². The van der Waals surface area contributed by atoms with Crippen molar-refractivity contribution in [2.45, 2.75) is 121 Å². The van der Waals surface area contributed by atoms with Crippen molar-refractivity contribution in [2.75, 3.05) is 29.6 Å². The summed E-state index contributed by atoms with van der Waals surface area (Å²) in [6.45, 7) is 34.1. The third-order valence-electron chi connectivity index (χ3n) is 7.52. The highest BCUT2D eigenvalue weighted by Crippen LogP contribution is 2.22. The van der Waals surface area contributed by atoms with E-state index >= 15 is 0 Å². The van der Waals surface area contributed by atoms with Gasteiger partial charge in [-0.3, -0.25) is 10.1 Å². The number of thiol groups is 1. The van der Waals surface area contributed by atoms with Crippen LogP contribution < -0.4 is 15.5 Å². The zero-order chi connectivity index (χ0) is 42.3. The summed E-state index contributed by atoms with van der Waals surface area (Å²) in [6, 6.07) is 10.1. The number of nitrogens with zero attached hydrogens (tertiary/aromatic N) is 3. The predicted molar refractivity (Wildman–Crippen MR) is 242 cm³/mol. The minimum Gasteiger partial charge on any atom is -0.338 e. The van der Waals surface area contributed by atoms with Crippen LogP contribution in [0.4, 0.5) is 16.4 Å². The van der Waals surface area contributed by atoms with E-state index in [1.807, 2.05) is 57.7 Å². The SMILES string of the molecule is C=CCC(C=C)C(C)C(C)=O.C=CN(CC)c1ncnc(NC(=O)NCC)c1C.CC(C)/C=C/c1ccccc1.CCCC(C)=O.CCCCCC.CS.